The molecule has 116 valence electrons. The highest BCUT2D eigenvalue weighted by atomic mass is 79.9. The van der Waals surface area contributed by atoms with Gasteiger partial charge in [-0.25, -0.2) is 4.98 Å². The predicted molar refractivity (Wildman–Crippen MR) is 90.2 cm³/mol. The largest absolute Gasteiger partial charge is 0.481 e. The van der Waals surface area contributed by atoms with E-state index in [2.05, 4.69) is 20.9 Å². The Morgan fingerprint density at radius 2 is 1.83 bits per heavy atom. The number of hydrogen-bond donors (Lipinski definition) is 1. The fraction of sp³-hybridized carbons (Fsp3) is 0.111. The molecule has 0 spiro atoms. The van der Waals surface area contributed by atoms with Gasteiger partial charge in [-0.2, -0.15) is 0 Å². The highest BCUT2D eigenvalue weighted by Crippen LogP contribution is 2.26. The lowest BCUT2D eigenvalue weighted by Crippen LogP contribution is -2.14. The Bertz CT molecular complexity index is 797. The summed E-state index contributed by atoms with van der Waals surface area (Å²) in [6.45, 7) is 0. The van der Waals surface area contributed by atoms with E-state index in [-0.39, 0.29) is 6.42 Å². The molecule has 1 aromatic heterocycles. The second kappa shape index (κ2) is 6.79. The lowest BCUT2D eigenvalue weighted by molar-refractivity contribution is -0.138. The van der Waals surface area contributed by atoms with Gasteiger partial charge in [-0.05, 0) is 17.7 Å². The molecule has 3 rings (SSSR count). The topological polar surface area (TPSA) is 63.3 Å². The first-order valence-corrected chi connectivity index (χ1v) is 7.91. The summed E-state index contributed by atoms with van der Waals surface area (Å²) in [6.07, 6.45) is 1.84. The van der Waals surface area contributed by atoms with E-state index in [0.29, 0.717) is 11.7 Å². The Morgan fingerprint density at radius 1 is 1.13 bits per heavy atom. The van der Waals surface area contributed by atoms with Crippen LogP contribution in [-0.4, -0.2) is 16.1 Å². The molecule has 4 nitrogen and oxygen atoms in total. The zero-order valence-corrected chi connectivity index (χ0v) is 13.7. The lowest BCUT2D eigenvalue weighted by atomic mass is 9.96. The minimum atomic E-state index is -0.896. The van der Waals surface area contributed by atoms with E-state index < -0.39 is 11.9 Å². The van der Waals surface area contributed by atoms with E-state index in [1.165, 1.54) is 0 Å². The van der Waals surface area contributed by atoms with Crippen LogP contribution in [0.1, 0.15) is 17.4 Å². The van der Waals surface area contributed by atoms with Crippen LogP contribution in [0.5, 0.6) is 0 Å². The molecule has 0 amide bonds. The smallest absolute Gasteiger partial charge is 0.311 e. The van der Waals surface area contributed by atoms with Crippen LogP contribution in [0, 0.1) is 0 Å². The minimum absolute atomic E-state index is 0.212. The molecule has 5 heteroatoms. The molecule has 2 aromatic carbocycles. The van der Waals surface area contributed by atoms with Crippen molar-refractivity contribution < 1.29 is 14.3 Å². The molecule has 0 saturated carbocycles. The Balaban J connectivity index is 1.83. The Hall–Kier alpha value is -2.40. The number of hydrogen-bond acceptors (Lipinski definition) is 3. The third-order valence-electron chi connectivity index (χ3n) is 3.56. The van der Waals surface area contributed by atoms with Crippen LogP contribution < -0.4 is 0 Å². The number of oxazole rings is 1. The number of rotatable bonds is 5. The highest BCUT2D eigenvalue weighted by Gasteiger charge is 2.23. The fourth-order valence-corrected chi connectivity index (χ4v) is 2.62. The Labute approximate surface area is 141 Å². The standard InChI is InChI=1S/C18H14BrNO3/c19-14-8-6-12(7-9-14)15(18(21)22)10-17-20-11-16(23-17)13-4-2-1-3-5-13/h1-9,11,15H,10H2,(H,21,22). The van der Waals surface area contributed by atoms with Crippen molar-refractivity contribution in [3.8, 4) is 11.3 Å². The van der Waals surface area contributed by atoms with E-state index in [1.54, 1.807) is 18.3 Å². The van der Waals surface area contributed by atoms with Crippen molar-refractivity contribution in [3.63, 3.8) is 0 Å². The molecule has 23 heavy (non-hydrogen) atoms. The SMILES string of the molecule is O=C(O)C(Cc1ncc(-c2ccccc2)o1)c1ccc(Br)cc1. The molecule has 0 aliphatic rings. The number of halogens is 1. The van der Waals surface area contributed by atoms with Gasteiger partial charge in [0.05, 0.1) is 12.1 Å². The average molecular weight is 372 g/mol. The average Bonchev–Trinajstić information content (AvgIpc) is 3.03. The molecule has 1 heterocycles. The number of benzene rings is 2. The normalized spacial score (nSPS) is 12.0. The molecule has 0 saturated heterocycles. The first-order chi connectivity index (χ1) is 11.1. The Kier molecular flexibility index (Phi) is 4.57. The quantitative estimate of drug-likeness (QED) is 0.716. The van der Waals surface area contributed by atoms with Crippen molar-refractivity contribution in [2.75, 3.05) is 0 Å². The third kappa shape index (κ3) is 3.68. The monoisotopic (exact) mass is 371 g/mol. The molecule has 3 aromatic rings. The number of carboxylic acids is 1. The van der Waals surface area contributed by atoms with Crippen molar-refractivity contribution in [1.29, 1.82) is 0 Å². The van der Waals surface area contributed by atoms with Gasteiger partial charge >= 0.3 is 5.97 Å². The van der Waals surface area contributed by atoms with E-state index in [9.17, 15) is 9.90 Å². The van der Waals surface area contributed by atoms with Crippen LogP contribution in [0.25, 0.3) is 11.3 Å². The van der Waals surface area contributed by atoms with Gasteiger partial charge in [0.1, 0.15) is 0 Å². The maximum atomic E-state index is 11.6. The molecule has 0 fully saturated rings. The summed E-state index contributed by atoms with van der Waals surface area (Å²) in [5, 5.41) is 9.50. The van der Waals surface area contributed by atoms with E-state index in [1.807, 2.05) is 42.5 Å². The van der Waals surface area contributed by atoms with E-state index >= 15 is 0 Å². The molecule has 1 N–H and O–H groups in total. The zero-order valence-electron chi connectivity index (χ0n) is 12.1. The molecule has 0 aliphatic heterocycles. The summed E-state index contributed by atoms with van der Waals surface area (Å²) in [5.41, 5.74) is 1.64. The fourth-order valence-electron chi connectivity index (χ4n) is 2.36. The van der Waals surface area contributed by atoms with Crippen LogP contribution in [-0.2, 0) is 11.2 Å². The van der Waals surface area contributed by atoms with Crippen molar-refractivity contribution in [2.45, 2.75) is 12.3 Å². The molecule has 0 bridgehead atoms. The van der Waals surface area contributed by atoms with Crippen LogP contribution in [0.4, 0.5) is 0 Å². The summed E-state index contributed by atoms with van der Waals surface area (Å²) in [4.78, 5) is 15.8. The molecule has 1 unspecified atom stereocenters. The lowest BCUT2D eigenvalue weighted by Gasteiger charge is -2.10. The molecule has 1 atom stereocenters. The van der Waals surface area contributed by atoms with Gasteiger partial charge in [0.2, 0.25) is 0 Å². The number of carbonyl (C=O) groups is 1. The number of nitrogens with zero attached hydrogens (tertiary/aromatic N) is 1. The molecular weight excluding hydrogens is 358 g/mol. The van der Waals surface area contributed by atoms with Gasteiger partial charge in [-0.15, -0.1) is 0 Å². The molecule has 0 radical (unpaired) electrons. The molecule has 0 aliphatic carbocycles. The van der Waals surface area contributed by atoms with E-state index in [0.717, 1.165) is 15.6 Å². The summed E-state index contributed by atoms with van der Waals surface area (Å²) >= 11 is 3.35. The van der Waals surface area contributed by atoms with Gasteiger partial charge in [-0.1, -0.05) is 58.4 Å². The van der Waals surface area contributed by atoms with Crippen molar-refractivity contribution in [1.82, 2.24) is 4.98 Å². The minimum Gasteiger partial charge on any atom is -0.481 e. The van der Waals surface area contributed by atoms with Crippen molar-refractivity contribution >= 4 is 21.9 Å². The predicted octanol–water partition coefficient (Wildman–Crippen LogP) is 4.52. The number of aromatic nitrogens is 1. The van der Waals surface area contributed by atoms with Gasteiger partial charge in [0.15, 0.2) is 11.7 Å². The maximum Gasteiger partial charge on any atom is 0.311 e. The maximum absolute atomic E-state index is 11.6. The first kappa shape index (κ1) is 15.5. The van der Waals surface area contributed by atoms with Gasteiger partial charge < -0.3 is 9.52 Å². The van der Waals surface area contributed by atoms with Gasteiger partial charge in [0.25, 0.3) is 0 Å². The molecular formula is C18H14BrNO3. The third-order valence-corrected chi connectivity index (χ3v) is 4.09. The van der Waals surface area contributed by atoms with Crippen molar-refractivity contribution in [2.24, 2.45) is 0 Å². The van der Waals surface area contributed by atoms with E-state index in [4.69, 9.17) is 4.42 Å². The van der Waals surface area contributed by atoms with Crippen molar-refractivity contribution in [3.05, 3.63) is 76.7 Å². The number of carboxylic acid groups (broad SMARTS) is 1. The summed E-state index contributed by atoms with van der Waals surface area (Å²) in [6, 6.07) is 16.9. The summed E-state index contributed by atoms with van der Waals surface area (Å²) < 4.78 is 6.62. The van der Waals surface area contributed by atoms with Crippen LogP contribution in [0.2, 0.25) is 0 Å². The Morgan fingerprint density at radius 3 is 2.48 bits per heavy atom. The van der Waals surface area contributed by atoms with Crippen LogP contribution >= 0.6 is 15.9 Å². The summed E-state index contributed by atoms with van der Waals surface area (Å²) in [5.74, 6) is -0.531. The van der Waals surface area contributed by atoms with Crippen LogP contribution in [0.15, 0.2) is 69.7 Å². The first-order valence-electron chi connectivity index (χ1n) is 7.12. The zero-order chi connectivity index (χ0) is 16.2. The van der Waals surface area contributed by atoms with Crippen LogP contribution in [0.3, 0.4) is 0 Å². The second-order valence-electron chi connectivity index (χ2n) is 5.13. The van der Waals surface area contributed by atoms with Gasteiger partial charge in [-0.3, -0.25) is 4.79 Å². The number of aliphatic carboxylic acids is 1. The second-order valence-corrected chi connectivity index (χ2v) is 6.05. The van der Waals surface area contributed by atoms with Gasteiger partial charge in [0, 0.05) is 16.5 Å². The highest BCUT2D eigenvalue weighted by molar-refractivity contribution is 9.10. The summed E-state index contributed by atoms with van der Waals surface area (Å²) in [7, 11) is 0.